The number of piperidine rings is 1. The Hall–Kier alpha value is -4.24. The Balaban J connectivity index is 1.12. The summed E-state index contributed by atoms with van der Waals surface area (Å²) in [5, 5.41) is 9.97. The fraction of sp³-hybridized carbons (Fsp3) is 0.355. The molecule has 0 bridgehead atoms. The van der Waals surface area contributed by atoms with Crippen LogP contribution in [0.4, 0.5) is 5.69 Å². The predicted molar refractivity (Wildman–Crippen MR) is 151 cm³/mol. The highest BCUT2D eigenvalue weighted by molar-refractivity contribution is 6.04. The van der Waals surface area contributed by atoms with Crippen molar-refractivity contribution in [3.63, 3.8) is 0 Å². The molecule has 0 unspecified atom stereocenters. The van der Waals surface area contributed by atoms with Crippen LogP contribution in [0.15, 0.2) is 75.9 Å². The minimum atomic E-state index is -0.272. The standard InChI is InChI=1S/C31H35N5O4/c1-31(2,3)23-12-10-21(11-13-23)28-34-27(40-35-28)20-36-16-14-22(15-17-36)29(37)33-26-9-5-4-8-25(26)30(38)32-19-24-7-6-18-39-24/h4-13,18,22H,14-17,19-20H2,1-3H3,(H,32,38)(H,33,37). The molecule has 208 valence electrons. The third kappa shape index (κ3) is 6.66. The first-order chi connectivity index (χ1) is 19.3. The Kier molecular flexibility index (Phi) is 8.11. The minimum absolute atomic E-state index is 0.0790. The smallest absolute Gasteiger partial charge is 0.253 e. The van der Waals surface area contributed by atoms with Gasteiger partial charge in [0.1, 0.15) is 5.76 Å². The lowest BCUT2D eigenvalue weighted by Crippen LogP contribution is -2.38. The van der Waals surface area contributed by atoms with Crippen LogP contribution in [0.25, 0.3) is 11.4 Å². The zero-order valence-electron chi connectivity index (χ0n) is 23.1. The van der Waals surface area contributed by atoms with Crippen molar-refractivity contribution in [2.24, 2.45) is 5.92 Å². The SMILES string of the molecule is CC(C)(C)c1ccc(-c2noc(CN3CCC(C(=O)Nc4ccccc4C(=O)NCc4ccco4)CC3)n2)cc1. The Labute approximate surface area is 234 Å². The van der Waals surface area contributed by atoms with Crippen LogP contribution in [-0.4, -0.2) is 39.9 Å². The molecule has 5 rings (SSSR count). The van der Waals surface area contributed by atoms with Crippen LogP contribution in [0.3, 0.4) is 0 Å². The summed E-state index contributed by atoms with van der Waals surface area (Å²) in [7, 11) is 0. The molecule has 0 atom stereocenters. The Morgan fingerprint density at radius 2 is 1.75 bits per heavy atom. The van der Waals surface area contributed by atoms with Gasteiger partial charge in [-0.2, -0.15) is 4.98 Å². The molecular formula is C31H35N5O4. The fourth-order valence-corrected chi connectivity index (χ4v) is 4.80. The van der Waals surface area contributed by atoms with Crippen molar-refractivity contribution in [1.29, 1.82) is 0 Å². The molecule has 0 aliphatic carbocycles. The van der Waals surface area contributed by atoms with Gasteiger partial charge in [-0.25, -0.2) is 0 Å². The number of likely N-dealkylation sites (tertiary alicyclic amines) is 1. The molecule has 4 aromatic rings. The first-order valence-electron chi connectivity index (χ1n) is 13.6. The van der Waals surface area contributed by atoms with E-state index in [1.54, 1.807) is 42.7 Å². The third-order valence-electron chi connectivity index (χ3n) is 7.23. The normalized spacial score (nSPS) is 14.7. The highest BCUT2D eigenvalue weighted by Gasteiger charge is 2.27. The van der Waals surface area contributed by atoms with Gasteiger partial charge >= 0.3 is 0 Å². The van der Waals surface area contributed by atoms with Gasteiger partial charge in [-0.1, -0.05) is 62.3 Å². The van der Waals surface area contributed by atoms with Crippen molar-refractivity contribution < 1.29 is 18.5 Å². The average Bonchev–Trinajstić information content (AvgIpc) is 3.65. The average molecular weight is 542 g/mol. The summed E-state index contributed by atoms with van der Waals surface area (Å²) < 4.78 is 10.8. The minimum Gasteiger partial charge on any atom is -0.467 e. The maximum Gasteiger partial charge on any atom is 0.253 e. The molecule has 2 aromatic carbocycles. The summed E-state index contributed by atoms with van der Waals surface area (Å²) in [4.78, 5) is 32.6. The fourth-order valence-electron chi connectivity index (χ4n) is 4.80. The molecule has 2 amide bonds. The van der Waals surface area contributed by atoms with E-state index in [2.05, 4.69) is 58.6 Å². The largest absolute Gasteiger partial charge is 0.467 e. The number of amides is 2. The van der Waals surface area contributed by atoms with Crippen LogP contribution < -0.4 is 10.6 Å². The second-order valence-electron chi connectivity index (χ2n) is 11.2. The number of benzene rings is 2. The molecule has 9 nitrogen and oxygen atoms in total. The molecule has 2 N–H and O–H groups in total. The second-order valence-corrected chi connectivity index (χ2v) is 11.2. The monoisotopic (exact) mass is 541 g/mol. The number of carbonyl (C=O) groups excluding carboxylic acids is 2. The molecule has 1 aliphatic heterocycles. The summed E-state index contributed by atoms with van der Waals surface area (Å²) in [6, 6.07) is 18.9. The number of nitrogens with one attached hydrogen (secondary N) is 2. The summed E-state index contributed by atoms with van der Waals surface area (Å²) in [6.07, 6.45) is 2.97. The molecule has 40 heavy (non-hydrogen) atoms. The van der Waals surface area contributed by atoms with Crippen LogP contribution in [0, 0.1) is 5.92 Å². The van der Waals surface area contributed by atoms with Crippen LogP contribution >= 0.6 is 0 Å². The first kappa shape index (κ1) is 27.3. The van der Waals surface area contributed by atoms with Crippen molar-refractivity contribution >= 4 is 17.5 Å². The van der Waals surface area contributed by atoms with E-state index in [1.165, 1.54) is 5.56 Å². The molecule has 0 saturated carbocycles. The zero-order chi connectivity index (χ0) is 28.1. The van der Waals surface area contributed by atoms with Crippen molar-refractivity contribution in [2.75, 3.05) is 18.4 Å². The Bertz CT molecular complexity index is 1430. The first-order valence-corrected chi connectivity index (χ1v) is 13.6. The van der Waals surface area contributed by atoms with Gasteiger partial charge in [0.25, 0.3) is 5.91 Å². The highest BCUT2D eigenvalue weighted by Crippen LogP contribution is 2.26. The topological polar surface area (TPSA) is 114 Å². The van der Waals surface area contributed by atoms with E-state index in [9.17, 15) is 9.59 Å². The van der Waals surface area contributed by atoms with E-state index in [0.29, 0.717) is 48.1 Å². The maximum atomic E-state index is 13.1. The zero-order valence-corrected chi connectivity index (χ0v) is 23.1. The van der Waals surface area contributed by atoms with Crippen molar-refractivity contribution in [3.05, 3.63) is 89.7 Å². The molecule has 1 fully saturated rings. The van der Waals surface area contributed by atoms with Crippen LogP contribution in [0.2, 0.25) is 0 Å². The summed E-state index contributed by atoms with van der Waals surface area (Å²) >= 11 is 0. The van der Waals surface area contributed by atoms with E-state index in [1.807, 2.05) is 12.1 Å². The van der Waals surface area contributed by atoms with Crippen molar-refractivity contribution in [2.45, 2.75) is 52.1 Å². The lowest BCUT2D eigenvalue weighted by Gasteiger charge is -2.30. The maximum absolute atomic E-state index is 13.1. The molecule has 9 heteroatoms. The molecule has 0 radical (unpaired) electrons. The summed E-state index contributed by atoms with van der Waals surface area (Å²) in [5.41, 5.74) is 3.18. The molecule has 1 saturated heterocycles. The Morgan fingerprint density at radius 1 is 1.00 bits per heavy atom. The van der Waals surface area contributed by atoms with Crippen molar-refractivity contribution in [1.82, 2.24) is 20.4 Å². The number of anilines is 1. The number of hydrogen-bond acceptors (Lipinski definition) is 7. The lowest BCUT2D eigenvalue weighted by molar-refractivity contribution is -0.121. The number of rotatable bonds is 8. The molecule has 2 aromatic heterocycles. The number of carbonyl (C=O) groups is 2. The number of nitrogens with zero attached hydrogens (tertiary/aromatic N) is 3. The van der Waals surface area contributed by atoms with Crippen LogP contribution in [-0.2, 0) is 23.3 Å². The quantitative estimate of drug-likeness (QED) is 0.307. The van der Waals surface area contributed by atoms with Gasteiger partial charge in [0, 0.05) is 11.5 Å². The van der Waals surface area contributed by atoms with Crippen LogP contribution in [0.5, 0.6) is 0 Å². The van der Waals surface area contributed by atoms with Gasteiger partial charge in [-0.15, -0.1) is 0 Å². The molecular weight excluding hydrogens is 506 g/mol. The van der Waals surface area contributed by atoms with Gasteiger partial charge < -0.3 is 19.6 Å². The molecule has 1 aliphatic rings. The van der Waals surface area contributed by atoms with Gasteiger partial charge in [0.05, 0.1) is 30.6 Å². The summed E-state index contributed by atoms with van der Waals surface area (Å²) in [5.74, 6) is 1.31. The number of aromatic nitrogens is 2. The van der Waals surface area contributed by atoms with E-state index in [0.717, 1.165) is 18.7 Å². The number of furan rings is 1. The van der Waals surface area contributed by atoms with Gasteiger partial charge in [-0.05, 0) is 61.2 Å². The van der Waals surface area contributed by atoms with Crippen LogP contribution in [0.1, 0.15) is 61.2 Å². The number of para-hydroxylation sites is 1. The highest BCUT2D eigenvalue weighted by atomic mass is 16.5. The van der Waals surface area contributed by atoms with E-state index >= 15 is 0 Å². The van der Waals surface area contributed by atoms with Crippen molar-refractivity contribution in [3.8, 4) is 11.4 Å². The third-order valence-corrected chi connectivity index (χ3v) is 7.23. The molecule has 0 spiro atoms. The summed E-state index contributed by atoms with van der Waals surface area (Å²) in [6.45, 7) is 8.85. The number of hydrogen-bond donors (Lipinski definition) is 2. The van der Waals surface area contributed by atoms with E-state index < -0.39 is 0 Å². The van der Waals surface area contributed by atoms with Gasteiger partial charge in [0.15, 0.2) is 0 Å². The predicted octanol–water partition coefficient (Wildman–Crippen LogP) is 5.41. The molecule has 3 heterocycles. The van der Waals surface area contributed by atoms with Gasteiger partial charge in [-0.3, -0.25) is 14.5 Å². The van der Waals surface area contributed by atoms with Gasteiger partial charge in [0.2, 0.25) is 17.6 Å². The lowest BCUT2D eigenvalue weighted by atomic mass is 9.87. The van der Waals surface area contributed by atoms with E-state index in [4.69, 9.17) is 8.94 Å². The second kappa shape index (κ2) is 11.9. The Morgan fingerprint density at radius 3 is 2.45 bits per heavy atom. The van der Waals surface area contributed by atoms with E-state index in [-0.39, 0.29) is 29.7 Å².